The molecule has 6 heteroatoms. The Labute approximate surface area is 58.0 Å². The van der Waals surface area contributed by atoms with Crippen molar-refractivity contribution in [2.24, 2.45) is 0 Å². The summed E-state index contributed by atoms with van der Waals surface area (Å²) < 4.78 is 30.0. The van der Waals surface area contributed by atoms with E-state index in [2.05, 4.69) is 0 Å². The summed E-state index contributed by atoms with van der Waals surface area (Å²) in [5, 5.41) is 7.78. The van der Waals surface area contributed by atoms with Gasteiger partial charge in [-0.3, -0.25) is 8.42 Å². The summed E-state index contributed by atoms with van der Waals surface area (Å²) in [5.74, 6) is 0.0357. The Kier molecular flexibility index (Phi) is 5.16. The predicted molar refractivity (Wildman–Crippen MR) is 33.9 cm³/mol. The first-order valence-electron chi connectivity index (χ1n) is 2.18. The minimum atomic E-state index is -2.26. The van der Waals surface area contributed by atoms with E-state index in [1.807, 2.05) is 0 Å². The molecule has 0 aliphatic carbocycles. The Hall–Kier alpha value is 0.220. The maximum absolute atomic E-state index is 10.4. The minimum absolute atomic E-state index is 0.0357. The van der Waals surface area contributed by atoms with Crippen LogP contribution in [-0.2, 0) is 21.9 Å². The molecule has 0 aliphatic rings. The second-order valence-electron chi connectivity index (χ2n) is 1.29. The van der Waals surface area contributed by atoms with Crippen LogP contribution in [0.15, 0.2) is 0 Å². The van der Waals surface area contributed by atoms with Crippen LogP contribution in [0.2, 0.25) is 0 Å². The average molecular weight is 171 g/mol. The normalized spacial score (nSPS) is 17.1. The molecule has 0 bridgehead atoms. The summed E-state index contributed by atoms with van der Waals surface area (Å²) in [6, 6.07) is 0. The smallest absolute Gasteiger partial charge is 0.0860 e. The third-order valence-corrected chi connectivity index (χ3v) is 3.01. The van der Waals surface area contributed by atoms with E-state index in [9.17, 15) is 13.0 Å². The maximum Gasteiger partial charge on any atom is 0.0860 e. The molecule has 0 saturated heterocycles. The van der Waals surface area contributed by atoms with Gasteiger partial charge in [-0.25, -0.2) is 0 Å². The van der Waals surface area contributed by atoms with Gasteiger partial charge in [-0.2, -0.15) is 0 Å². The van der Waals surface area contributed by atoms with Crippen molar-refractivity contribution >= 4 is 21.9 Å². The van der Waals surface area contributed by atoms with Crippen molar-refractivity contribution in [3.05, 3.63) is 0 Å². The van der Waals surface area contributed by atoms with Crippen LogP contribution in [0.1, 0.15) is 0 Å². The van der Waals surface area contributed by atoms with Gasteiger partial charge in [0.15, 0.2) is 0 Å². The zero-order valence-corrected chi connectivity index (χ0v) is 6.24. The molecule has 56 valence electrons. The Morgan fingerprint density at radius 2 is 2.00 bits per heavy atom. The van der Waals surface area contributed by atoms with Crippen LogP contribution < -0.4 is 0 Å². The van der Waals surface area contributed by atoms with Crippen molar-refractivity contribution in [1.29, 1.82) is 0 Å². The monoisotopic (exact) mass is 171 g/mol. The predicted octanol–water partition coefficient (Wildman–Crippen LogP) is -1.44. The highest BCUT2D eigenvalue weighted by molar-refractivity contribution is 7.99. The standard InChI is InChI=1S/C3H8O4S2/c4-1-2-8(5)3-9(6)7/h4H,1-3H2,(H,6,7)/p-1. The zero-order valence-electron chi connectivity index (χ0n) is 4.61. The SMILES string of the molecule is O=S([O-])CS(=O)CCO. The molecule has 0 aromatic heterocycles. The fourth-order valence-corrected chi connectivity index (χ4v) is 1.80. The molecule has 0 rings (SSSR count). The van der Waals surface area contributed by atoms with E-state index in [1.165, 1.54) is 0 Å². The maximum atomic E-state index is 10.4. The minimum Gasteiger partial charge on any atom is -0.772 e. The quantitative estimate of drug-likeness (QED) is 0.526. The molecule has 0 spiro atoms. The van der Waals surface area contributed by atoms with Gasteiger partial charge in [0.2, 0.25) is 0 Å². The zero-order chi connectivity index (χ0) is 7.28. The lowest BCUT2D eigenvalue weighted by molar-refractivity contribution is 0.321. The highest BCUT2D eigenvalue weighted by Gasteiger charge is 1.95. The topological polar surface area (TPSA) is 77.4 Å². The van der Waals surface area contributed by atoms with Crippen molar-refractivity contribution in [1.82, 2.24) is 0 Å². The average Bonchev–Trinajstić information content (AvgIpc) is 1.63. The lowest BCUT2D eigenvalue weighted by Gasteiger charge is -2.01. The third kappa shape index (κ3) is 6.10. The molecule has 4 nitrogen and oxygen atoms in total. The lowest BCUT2D eigenvalue weighted by atomic mass is 10.9. The summed E-state index contributed by atoms with van der Waals surface area (Å²) in [4.78, 5) is 0. The van der Waals surface area contributed by atoms with Crippen molar-refractivity contribution in [2.75, 3.05) is 17.4 Å². The number of hydrogen-bond donors (Lipinski definition) is 1. The van der Waals surface area contributed by atoms with Crippen molar-refractivity contribution in [3.63, 3.8) is 0 Å². The van der Waals surface area contributed by atoms with E-state index >= 15 is 0 Å². The third-order valence-electron chi connectivity index (χ3n) is 0.547. The van der Waals surface area contributed by atoms with E-state index in [-0.39, 0.29) is 17.4 Å². The van der Waals surface area contributed by atoms with Crippen LogP contribution in [-0.4, -0.2) is 35.5 Å². The molecule has 0 amide bonds. The molecule has 0 aromatic rings. The van der Waals surface area contributed by atoms with Gasteiger partial charge in [0.1, 0.15) is 0 Å². The molecule has 0 aromatic carbocycles. The molecule has 9 heavy (non-hydrogen) atoms. The fourth-order valence-electron chi connectivity index (χ4n) is 0.268. The molecule has 0 fully saturated rings. The molecular formula is C3H7O4S2-. The van der Waals surface area contributed by atoms with Crippen LogP contribution in [0, 0.1) is 0 Å². The highest BCUT2D eigenvalue weighted by Crippen LogP contribution is 1.83. The first kappa shape index (κ1) is 9.22. The lowest BCUT2D eigenvalue weighted by Crippen LogP contribution is -2.09. The molecule has 2 atom stereocenters. The van der Waals surface area contributed by atoms with Crippen LogP contribution in [0.3, 0.4) is 0 Å². The number of hydrogen-bond acceptors (Lipinski definition) is 4. The van der Waals surface area contributed by atoms with Gasteiger partial charge in [0.05, 0.1) is 11.7 Å². The summed E-state index contributed by atoms with van der Waals surface area (Å²) in [5.41, 5.74) is 0. The molecular weight excluding hydrogens is 164 g/mol. The largest absolute Gasteiger partial charge is 0.772 e. The Morgan fingerprint density at radius 3 is 2.33 bits per heavy atom. The fraction of sp³-hybridized carbons (Fsp3) is 1.00. The van der Waals surface area contributed by atoms with Gasteiger partial charge in [0, 0.05) is 16.6 Å². The van der Waals surface area contributed by atoms with Gasteiger partial charge >= 0.3 is 0 Å². The van der Waals surface area contributed by atoms with E-state index in [0.717, 1.165) is 0 Å². The molecule has 0 saturated carbocycles. The number of rotatable bonds is 4. The Bertz CT molecular complexity index is 123. The molecule has 0 radical (unpaired) electrons. The molecule has 0 aliphatic heterocycles. The van der Waals surface area contributed by atoms with E-state index < -0.39 is 21.9 Å². The molecule has 1 N–H and O–H groups in total. The van der Waals surface area contributed by atoms with E-state index in [4.69, 9.17) is 5.11 Å². The van der Waals surface area contributed by atoms with Crippen molar-refractivity contribution < 1.29 is 18.1 Å². The van der Waals surface area contributed by atoms with E-state index in [1.54, 1.807) is 0 Å². The first-order valence-corrected chi connectivity index (χ1v) is 4.91. The van der Waals surface area contributed by atoms with Gasteiger partial charge in [0.25, 0.3) is 0 Å². The second-order valence-corrected chi connectivity index (χ2v) is 4.13. The highest BCUT2D eigenvalue weighted by atomic mass is 32.3. The first-order chi connectivity index (χ1) is 4.16. The van der Waals surface area contributed by atoms with Gasteiger partial charge < -0.3 is 9.66 Å². The Morgan fingerprint density at radius 1 is 1.44 bits per heavy atom. The van der Waals surface area contributed by atoms with Gasteiger partial charge in [-0.05, 0) is 11.1 Å². The summed E-state index contributed by atoms with van der Waals surface area (Å²) >= 11 is -2.26. The summed E-state index contributed by atoms with van der Waals surface area (Å²) in [7, 11) is -1.41. The number of aliphatic hydroxyl groups is 1. The van der Waals surface area contributed by atoms with E-state index in [0.29, 0.717) is 0 Å². The van der Waals surface area contributed by atoms with Crippen molar-refractivity contribution in [3.8, 4) is 0 Å². The summed E-state index contributed by atoms with van der Waals surface area (Å²) in [6.07, 6.45) is 0. The van der Waals surface area contributed by atoms with Crippen LogP contribution >= 0.6 is 0 Å². The van der Waals surface area contributed by atoms with Crippen LogP contribution in [0.4, 0.5) is 0 Å². The van der Waals surface area contributed by atoms with Gasteiger partial charge in [-0.15, -0.1) is 0 Å². The van der Waals surface area contributed by atoms with Crippen LogP contribution in [0.25, 0.3) is 0 Å². The van der Waals surface area contributed by atoms with Crippen LogP contribution in [0.5, 0.6) is 0 Å². The second kappa shape index (κ2) is 5.04. The summed E-state index contributed by atoms with van der Waals surface area (Å²) in [6.45, 7) is -0.232. The van der Waals surface area contributed by atoms with Crippen molar-refractivity contribution in [2.45, 2.75) is 0 Å². The van der Waals surface area contributed by atoms with Gasteiger partial charge in [-0.1, -0.05) is 0 Å². The Balaban J connectivity index is 3.39. The number of aliphatic hydroxyl groups excluding tert-OH is 1. The molecule has 0 heterocycles. The molecule has 2 unspecified atom stereocenters.